The van der Waals surface area contributed by atoms with Gasteiger partial charge in [-0.2, -0.15) is 0 Å². The van der Waals surface area contributed by atoms with Crippen LogP contribution in [0.4, 0.5) is 0 Å². The number of rotatable bonds is 32. The van der Waals surface area contributed by atoms with Crippen LogP contribution in [-0.2, 0) is 30.7 Å². The Morgan fingerprint density at radius 1 is 0.267 bits per heavy atom. The third-order valence-electron chi connectivity index (χ3n) is 10.2. The van der Waals surface area contributed by atoms with E-state index in [-0.39, 0.29) is 0 Å². The van der Waals surface area contributed by atoms with Crippen molar-refractivity contribution >= 4 is 18.1 Å². The van der Waals surface area contributed by atoms with Crippen LogP contribution in [0.5, 0.6) is 0 Å². The van der Waals surface area contributed by atoms with Gasteiger partial charge in [-0.15, -0.1) is 0 Å². The van der Waals surface area contributed by atoms with Gasteiger partial charge in [-0.3, -0.25) is 0 Å². The zero-order valence-corrected chi connectivity index (χ0v) is 34.0. The lowest BCUT2D eigenvalue weighted by atomic mass is 10.1. The van der Waals surface area contributed by atoms with Gasteiger partial charge in [0, 0.05) is 39.6 Å². The molecule has 0 aromatic carbocycles. The molecule has 0 radical (unpaired) electrons. The predicted molar refractivity (Wildman–Crippen MR) is 193 cm³/mol. The largest absolute Gasteiger partial charge is 0.673 e. The van der Waals surface area contributed by atoms with Crippen LogP contribution >= 0.6 is 0 Å². The summed E-state index contributed by atoms with van der Waals surface area (Å²) in [4.78, 5) is 0. The Bertz CT molecular complexity index is 512. The summed E-state index contributed by atoms with van der Waals surface area (Å²) in [6.07, 6.45) is 12.2. The lowest BCUT2D eigenvalue weighted by Crippen LogP contribution is -2.63. The van der Waals surface area contributed by atoms with E-state index in [1.54, 1.807) is 0 Å². The molecule has 0 saturated carbocycles. The maximum atomic E-state index is 7.21. The zero-order chi connectivity index (χ0) is 34.1. The van der Waals surface area contributed by atoms with Crippen LogP contribution in [0, 0.1) is 35.5 Å². The summed E-state index contributed by atoms with van der Waals surface area (Å²) >= 11 is 0. The van der Waals surface area contributed by atoms with Gasteiger partial charge in [-0.05, 0) is 35.5 Å². The normalized spacial score (nSPS) is 13.2. The van der Waals surface area contributed by atoms with Gasteiger partial charge < -0.3 is 30.7 Å². The average Bonchev–Trinajstić information content (AvgIpc) is 3.07. The first-order valence-electron chi connectivity index (χ1n) is 19.2. The minimum absolute atomic E-state index is 0.381. The minimum atomic E-state index is -3.81. The minimum Gasteiger partial charge on any atom is -0.351 e. The molecule has 45 heavy (non-hydrogen) atoms. The molecule has 0 N–H and O–H groups in total. The van der Waals surface area contributed by atoms with E-state index in [4.69, 9.17) is 30.7 Å². The fraction of sp³-hybridized carbons (Fsp3) is 1.00. The van der Waals surface area contributed by atoms with Crippen LogP contribution in [0.3, 0.4) is 0 Å². The van der Waals surface area contributed by atoms with E-state index in [0.29, 0.717) is 75.1 Å². The van der Waals surface area contributed by atoms with E-state index in [1.807, 2.05) is 0 Å². The lowest BCUT2D eigenvalue weighted by molar-refractivity contribution is -0.0870. The van der Waals surface area contributed by atoms with Crippen LogP contribution in [0.25, 0.3) is 0 Å². The molecule has 0 spiro atoms. The molecule has 0 aromatic heterocycles. The quantitative estimate of drug-likeness (QED) is 0.0656. The van der Waals surface area contributed by atoms with Crippen molar-refractivity contribution in [2.45, 2.75) is 160 Å². The standard InChI is InChI=1S/C36H78O7Si2/c1-13-31(14-2)25-37-44(38-26-32(15-3)16-4,39-27-33(17-5)18-6)43-45(40-28-34(19-7)20-8,41-29-35(21-9)22-10)42-30-36(23-11)24-12/h31-36H,13-30H2,1-12H3. The molecule has 0 aliphatic heterocycles. The monoisotopic (exact) mass is 679 g/mol. The number of hydrogen-bond acceptors (Lipinski definition) is 7. The third-order valence-corrected chi connectivity index (χ3v) is 15.3. The second kappa shape index (κ2) is 27.0. The highest BCUT2D eigenvalue weighted by Gasteiger charge is 2.61. The Morgan fingerprint density at radius 2 is 0.400 bits per heavy atom. The van der Waals surface area contributed by atoms with Crippen LogP contribution in [-0.4, -0.2) is 57.7 Å². The van der Waals surface area contributed by atoms with E-state index >= 15 is 0 Å². The molecule has 0 heterocycles. The molecular weight excluding hydrogens is 601 g/mol. The first-order valence-corrected chi connectivity index (χ1v) is 22.5. The van der Waals surface area contributed by atoms with Crippen molar-refractivity contribution in [3.05, 3.63) is 0 Å². The Balaban J connectivity index is 7.08. The topological polar surface area (TPSA) is 64.6 Å². The molecule has 0 amide bonds. The molecule has 0 fully saturated rings. The first-order chi connectivity index (χ1) is 21.7. The molecule has 272 valence electrons. The second-order valence-electron chi connectivity index (χ2n) is 13.1. The lowest BCUT2D eigenvalue weighted by Gasteiger charge is -2.38. The zero-order valence-electron chi connectivity index (χ0n) is 32.0. The van der Waals surface area contributed by atoms with Gasteiger partial charge in [-0.25, -0.2) is 0 Å². The summed E-state index contributed by atoms with van der Waals surface area (Å²) in [7, 11) is -7.61. The van der Waals surface area contributed by atoms with Gasteiger partial charge in [0.15, 0.2) is 0 Å². The second-order valence-corrected chi connectivity index (χ2v) is 17.6. The highest BCUT2D eigenvalue weighted by molar-refractivity contribution is 6.68. The van der Waals surface area contributed by atoms with Gasteiger partial charge in [0.05, 0.1) is 0 Å². The fourth-order valence-corrected chi connectivity index (χ4v) is 10.8. The van der Waals surface area contributed by atoms with Crippen molar-refractivity contribution in [3.63, 3.8) is 0 Å². The molecule has 0 saturated heterocycles. The van der Waals surface area contributed by atoms with Crippen molar-refractivity contribution in [3.8, 4) is 0 Å². The van der Waals surface area contributed by atoms with Crippen LogP contribution in [0.1, 0.15) is 160 Å². The van der Waals surface area contributed by atoms with E-state index in [2.05, 4.69) is 83.1 Å². The first kappa shape index (κ1) is 45.2. The van der Waals surface area contributed by atoms with E-state index in [1.165, 1.54) is 0 Å². The SMILES string of the molecule is CCC(CC)CO[Si](OCC(CC)CC)(OCC(CC)CC)O[Si](OCC(CC)CC)(OCC(CC)CC)OCC(CC)CC. The summed E-state index contributed by atoms with van der Waals surface area (Å²) in [5.74, 6) is 2.29. The van der Waals surface area contributed by atoms with Crippen molar-refractivity contribution in [2.24, 2.45) is 35.5 Å². The molecular formula is C36H78O7Si2. The van der Waals surface area contributed by atoms with Gasteiger partial charge >= 0.3 is 18.1 Å². The Morgan fingerprint density at radius 3 is 0.511 bits per heavy atom. The van der Waals surface area contributed by atoms with Crippen LogP contribution in [0.15, 0.2) is 0 Å². The van der Waals surface area contributed by atoms with Gasteiger partial charge in [-0.1, -0.05) is 160 Å². The third kappa shape index (κ3) is 17.9. The van der Waals surface area contributed by atoms with E-state index in [9.17, 15) is 0 Å². The van der Waals surface area contributed by atoms with Crippen molar-refractivity contribution in [2.75, 3.05) is 39.6 Å². The molecule has 7 nitrogen and oxygen atoms in total. The van der Waals surface area contributed by atoms with Crippen molar-refractivity contribution in [1.82, 2.24) is 0 Å². The Labute approximate surface area is 283 Å². The van der Waals surface area contributed by atoms with Crippen molar-refractivity contribution in [1.29, 1.82) is 0 Å². The van der Waals surface area contributed by atoms with Crippen molar-refractivity contribution < 1.29 is 30.7 Å². The highest BCUT2D eigenvalue weighted by atomic mass is 28.5. The molecule has 0 aliphatic rings. The smallest absolute Gasteiger partial charge is 0.351 e. The fourth-order valence-electron chi connectivity index (χ4n) is 5.05. The Hall–Kier alpha value is 0.154. The van der Waals surface area contributed by atoms with E-state index in [0.717, 1.165) is 77.0 Å². The maximum absolute atomic E-state index is 7.21. The molecule has 0 atom stereocenters. The molecule has 0 aromatic rings. The molecule has 0 aliphatic carbocycles. The summed E-state index contributed by atoms with van der Waals surface area (Å²) in [6.45, 7) is 29.7. The molecule has 0 bridgehead atoms. The van der Waals surface area contributed by atoms with Gasteiger partial charge in [0.1, 0.15) is 0 Å². The van der Waals surface area contributed by atoms with Gasteiger partial charge in [0.25, 0.3) is 0 Å². The summed E-state index contributed by atoms with van der Waals surface area (Å²) in [5, 5.41) is 0. The van der Waals surface area contributed by atoms with E-state index < -0.39 is 18.1 Å². The molecule has 9 heteroatoms. The summed E-state index contributed by atoms with van der Waals surface area (Å²) in [6, 6.07) is 0. The molecule has 0 rings (SSSR count). The Kier molecular flexibility index (Phi) is 27.1. The predicted octanol–water partition coefficient (Wildman–Crippen LogP) is 10.6. The van der Waals surface area contributed by atoms with Gasteiger partial charge in [0.2, 0.25) is 0 Å². The number of hydrogen-bond donors (Lipinski definition) is 0. The highest BCUT2D eigenvalue weighted by Crippen LogP contribution is 2.29. The average molecular weight is 679 g/mol. The molecule has 0 unspecified atom stereocenters. The summed E-state index contributed by atoms with van der Waals surface area (Å²) < 4.78 is 48.3. The maximum Gasteiger partial charge on any atom is 0.673 e. The van der Waals surface area contributed by atoms with Crippen LogP contribution in [0.2, 0.25) is 0 Å². The summed E-state index contributed by atoms with van der Waals surface area (Å²) in [5.41, 5.74) is 0. The van der Waals surface area contributed by atoms with Crippen LogP contribution < -0.4 is 0 Å².